The minimum Gasteiger partial charge on any atom is -0.444 e. The molecular weight excluding hydrogens is 532 g/mol. The molecule has 12 heteroatoms. The predicted molar refractivity (Wildman–Crippen MR) is 153 cm³/mol. The normalized spacial score (nSPS) is 19.9. The average molecular weight is 572 g/mol. The van der Waals surface area contributed by atoms with Crippen LogP contribution in [0.4, 0.5) is 25.3 Å². The second-order valence-electron chi connectivity index (χ2n) is 11.8. The summed E-state index contributed by atoms with van der Waals surface area (Å²) < 4.78 is 40.5. The Bertz CT molecular complexity index is 1330. The summed E-state index contributed by atoms with van der Waals surface area (Å²) >= 11 is 0. The van der Waals surface area contributed by atoms with Crippen molar-refractivity contribution in [2.75, 3.05) is 49.6 Å². The third-order valence-corrected chi connectivity index (χ3v) is 7.49. The number of halogens is 2. The maximum atomic E-state index is 14.1. The van der Waals surface area contributed by atoms with Crippen molar-refractivity contribution in [2.24, 2.45) is 11.8 Å². The van der Waals surface area contributed by atoms with E-state index in [0.717, 1.165) is 25.7 Å². The summed E-state index contributed by atoms with van der Waals surface area (Å²) in [5.41, 5.74) is 0.542. The molecule has 3 aromatic rings. The van der Waals surface area contributed by atoms with Crippen LogP contribution in [-0.2, 0) is 9.47 Å². The zero-order valence-corrected chi connectivity index (χ0v) is 23.9. The van der Waals surface area contributed by atoms with E-state index in [2.05, 4.69) is 25.5 Å². The van der Waals surface area contributed by atoms with Crippen LogP contribution in [0.1, 0.15) is 58.7 Å². The maximum Gasteiger partial charge on any atom is 0.407 e. The molecule has 1 amide bonds. The number of rotatable bonds is 8. The van der Waals surface area contributed by atoms with Crippen molar-refractivity contribution < 1.29 is 23.0 Å². The lowest BCUT2D eigenvalue weighted by atomic mass is 9.82. The number of nitrogens with zero attached hydrogens (tertiary/aromatic N) is 5. The zero-order valence-electron chi connectivity index (χ0n) is 23.9. The van der Waals surface area contributed by atoms with E-state index in [1.54, 1.807) is 30.3 Å². The number of nitrogens with one attached hydrogen (secondary N) is 2. The number of fused-ring (bicyclic) bond motifs is 1. The Morgan fingerprint density at radius 1 is 1.02 bits per heavy atom. The quantitative estimate of drug-likeness (QED) is 0.374. The van der Waals surface area contributed by atoms with Gasteiger partial charge < -0.3 is 25.0 Å². The zero-order chi connectivity index (χ0) is 29.0. The predicted octanol–water partition coefficient (Wildman–Crippen LogP) is 5.33. The number of hydrogen-bond acceptors (Lipinski definition) is 8. The van der Waals surface area contributed by atoms with Crippen LogP contribution in [0.5, 0.6) is 0 Å². The summed E-state index contributed by atoms with van der Waals surface area (Å²) in [6, 6.07) is 8.83. The number of aromatic nitrogens is 4. The molecule has 0 unspecified atom stereocenters. The fourth-order valence-corrected chi connectivity index (χ4v) is 5.42. The number of imidazole rings is 1. The summed E-state index contributed by atoms with van der Waals surface area (Å²) in [7, 11) is 0. The fourth-order valence-electron chi connectivity index (χ4n) is 5.42. The van der Waals surface area contributed by atoms with Crippen LogP contribution in [-0.4, -0.2) is 70.6 Å². The lowest BCUT2D eigenvalue weighted by Gasteiger charge is -2.30. The number of hydrogen-bond donors (Lipinski definition) is 2. The Balaban J connectivity index is 1.29. The van der Waals surface area contributed by atoms with Crippen LogP contribution in [0.25, 0.3) is 16.9 Å². The molecule has 2 aromatic heterocycles. The first-order valence-corrected chi connectivity index (χ1v) is 14.3. The van der Waals surface area contributed by atoms with E-state index >= 15 is 0 Å². The largest absolute Gasteiger partial charge is 0.444 e. The summed E-state index contributed by atoms with van der Waals surface area (Å²) in [4.78, 5) is 27.7. The highest BCUT2D eigenvalue weighted by atomic mass is 19.3. The molecule has 1 saturated heterocycles. The highest BCUT2D eigenvalue weighted by molar-refractivity contribution is 5.78. The number of carbonyl (C=O) groups excluding carboxylic acids is 1. The minimum atomic E-state index is -2.76. The Hall–Kier alpha value is -3.54. The van der Waals surface area contributed by atoms with Gasteiger partial charge in [-0.05, 0) is 70.4 Å². The van der Waals surface area contributed by atoms with Crippen LogP contribution < -0.4 is 15.5 Å². The molecule has 1 aromatic carbocycles. The summed E-state index contributed by atoms with van der Waals surface area (Å²) in [5, 5.41) is 6.29. The van der Waals surface area contributed by atoms with Crippen LogP contribution in [0.3, 0.4) is 0 Å². The summed E-state index contributed by atoms with van der Waals surface area (Å²) in [6.45, 7) is 9.29. The number of carbonyl (C=O) groups is 1. The van der Waals surface area contributed by atoms with E-state index in [1.165, 1.54) is 4.57 Å². The second-order valence-corrected chi connectivity index (χ2v) is 11.8. The van der Waals surface area contributed by atoms with Gasteiger partial charge in [-0.15, -0.1) is 0 Å². The fraction of sp³-hybridized carbons (Fsp3) is 0.586. The van der Waals surface area contributed by atoms with Crippen molar-refractivity contribution in [3.8, 4) is 5.82 Å². The standard InChI is InChI=1S/C29H39F2N7O3/c1-29(2,3)41-28(39)33-18-20-10-8-19(9-11-20)17-32-27-35-23(37-12-14-40-15-13-37)16-24(36-27)38-22-7-5-4-6-21(22)34-26(38)25(30)31/h4-7,16,19-20,25H,8-15,17-18H2,1-3H3,(H,33,39)(H,32,35,36)/t19-,20-. The van der Waals surface area contributed by atoms with Gasteiger partial charge in [-0.2, -0.15) is 9.97 Å². The van der Waals surface area contributed by atoms with Crippen LogP contribution in [0.2, 0.25) is 0 Å². The van der Waals surface area contributed by atoms with E-state index in [4.69, 9.17) is 14.5 Å². The van der Waals surface area contributed by atoms with Crippen molar-refractivity contribution in [2.45, 2.75) is 58.5 Å². The molecule has 0 atom stereocenters. The molecule has 2 aliphatic rings. The highest BCUT2D eigenvalue weighted by Crippen LogP contribution is 2.31. The number of benzene rings is 1. The molecule has 5 rings (SSSR count). The van der Waals surface area contributed by atoms with Crippen molar-refractivity contribution in [1.82, 2.24) is 24.8 Å². The number of amides is 1. The Labute approximate surface area is 238 Å². The van der Waals surface area contributed by atoms with E-state index in [9.17, 15) is 13.6 Å². The molecule has 3 heterocycles. The smallest absolute Gasteiger partial charge is 0.407 e. The molecule has 0 spiro atoms. The summed E-state index contributed by atoms with van der Waals surface area (Å²) in [5.74, 6) is 1.89. The molecule has 1 aliphatic heterocycles. The van der Waals surface area contributed by atoms with Gasteiger partial charge in [-0.3, -0.25) is 4.57 Å². The first-order chi connectivity index (χ1) is 19.7. The van der Waals surface area contributed by atoms with Crippen molar-refractivity contribution in [3.63, 3.8) is 0 Å². The molecule has 222 valence electrons. The van der Waals surface area contributed by atoms with Gasteiger partial charge in [0.1, 0.15) is 17.2 Å². The number of alkyl halides is 2. The maximum absolute atomic E-state index is 14.1. The number of alkyl carbamates (subject to hydrolysis) is 1. The topological polar surface area (TPSA) is 106 Å². The molecule has 10 nitrogen and oxygen atoms in total. The second kappa shape index (κ2) is 12.5. The van der Waals surface area contributed by atoms with Gasteiger partial charge in [0, 0.05) is 32.2 Å². The van der Waals surface area contributed by atoms with E-state index in [-0.39, 0.29) is 11.9 Å². The lowest BCUT2D eigenvalue weighted by Crippen LogP contribution is -2.37. The Morgan fingerprint density at radius 3 is 2.37 bits per heavy atom. The highest BCUT2D eigenvalue weighted by Gasteiger charge is 2.25. The first-order valence-electron chi connectivity index (χ1n) is 14.3. The number of ether oxygens (including phenoxy) is 2. The van der Waals surface area contributed by atoms with Crippen LogP contribution in [0.15, 0.2) is 30.3 Å². The van der Waals surface area contributed by atoms with Gasteiger partial charge >= 0.3 is 6.09 Å². The molecule has 2 N–H and O–H groups in total. The lowest BCUT2D eigenvalue weighted by molar-refractivity contribution is 0.0513. The summed E-state index contributed by atoms with van der Waals surface area (Å²) in [6.07, 6.45) is 0.869. The number of para-hydroxylation sites is 2. The van der Waals surface area contributed by atoms with Gasteiger partial charge in [0.25, 0.3) is 6.43 Å². The molecule has 0 bridgehead atoms. The van der Waals surface area contributed by atoms with E-state index < -0.39 is 12.0 Å². The first kappa shape index (κ1) is 29.0. The minimum absolute atomic E-state index is 0.345. The van der Waals surface area contributed by atoms with Gasteiger partial charge in [-0.1, -0.05) is 12.1 Å². The molecule has 41 heavy (non-hydrogen) atoms. The van der Waals surface area contributed by atoms with Crippen LogP contribution in [0, 0.1) is 11.8 Å². The van der Waals surface area contributed by atoms with Gasteiger partial charge in [0.15, 0.2) is 5.82 Å². The Morgan fingerprint density at radius 2 is 1.68 bits per heavy atom. The number of anilines is 2. The third-order valence-electron chi connectivity index (χ3n) is 7.49. The van der Waals surface area contributed by atoms with Crippen molar-refractivity contribution in [3.05, 3.63) is 36.2 Å². The number of morpholine rings is 1. The van der Waals surface area contributed by atoms with Crippen LogP contribution >= 0.6 is 0 Å². The molecule has 0 radical (unpaired) electrons. The molecule has 2 fully saturated rings. The SMILES string of the molecule is CC(C)(C)OC(=O)NC[C@H]1CC[C@H](CNc2nc(N3CCOCC3)cc(-n3c(C(F)F)nc4ccccc43)n2)CC1. The van der Waals surface area contributed by atoms with Crippen molar-refractivity contribution in [1.29, 1.82) is 0 Å². The van der Waals surface area contributed by atoms with E-state index in [1.807, 2.05) is 20.8 Å². The van der Waals surface area contributed by atoms with Gasteiger partial charge in [0.05, 0.1) is 24.2 Å². The molecule has 1 saturated carbocycles. The van der Waals surface area contributed by atoms with Crippen molar-refractivity contribution >= 4 is 28.9 Å². The molecular formula is C29H39F2N7O3. The Kier molecular flexibility index (Phi) is 8.86. The van der Waals surface area contributed by atoms with E-state index in [0.29, 0.717) is 79.8 Å². The van der Waals surface area contributed by atoms with Gasteiger partial charge in [0.2, 0.25) is 5.95 Å². The third kappa shape index (κ3) is 7.41. The van der Waals surface area contributed by atoms with Gasteiger partial charge in [-0.25, -0.2) is 18.6 Å². The monoisotopic (exact) mass is 571 g/mol. The molecule has 1 aliphatic carbocycles. The average Bonchev–Trinajstić information content (AvgIpc) is 3.35.